The Morgan fingerprint density at radius 3 is 1.82 bits per heavy atom. The molecule has 1 aliphatic heterocycles. The minimum absolute atomic E-state index is 0.0913. The fourth-order valence-electron chi connectivity index (χ4n) is 7.73. The highest BCUT2D eigenvalue weighted by molar-refractivity contribution is 4.99. The van der Waals surface area contributed by atoms with E-state index in [-0.39, 0.29) is 18.3 Å². The summed E-state index contributed by atoms with van der Waals surface area (Å²) in [5, 5.41) is 14.1. The number of fused-ring (bicyclic) bond motifs is 1. The van der Waals surface area contributed by atoms with Crippen molar-refractivity contribution in [3.05, 3.63) is 0 Å². The number of aliphatic hydroxyl groups is 1. The predicted octanol–water partition coefficient (Wildman–Crippen LogP) is 5.07. The van der Waals surface area contributed by atoms with Crippen molar-refractivity contribution in [2.24, 2.45) is 46.7 Å². The standard InChI is InChI=1S/C25H46N2O/c1-25(2,3)19-10-8-17(9-11-19)16-4-6-18(7-5-16)20-12-14-22(28)24-21(20)13-15-23(26)27-24/h16-24,27-28H,4-15,26H2,1-3H3. The van der Waals surface area contributed by atoms with Crippen LogP contribution in [0.3, 0.4) is 0 Å². The van der Waals surface area contributed by atoms with Gasteiger partial charge in [-0.2, -0.15) is 0 Å². The molecule has 4 fully saturated rings. The summed E-state index contributed by atoms with van der Waals surface area (Å²) in [5.41, 5.74) is 6.64. The summed E-state index contributed by atoms with van der Waals surface area (Å²) in [6, 6.07) is 0.257. The fourth-order valence-corrected chi connectivity index (χ4v) is 7.73. The smallest absolute Gasteiger partial charge is 0.0696 e. The monoisotopic (exact) mass is 390 g/mol. The second-order valence-electron chi connectivity index (χ2n) is 12.0. The number of piperidine rings is 1. The molecule has 0 aromatic heterocycles. The van der Waals surface area contributed by atoms with Gasteiger partial charge in [0.2, 0.25) is 0 Å². The molecule has 4 N–H and O–H groups in total. The summed E-state index contributed by atoms with van der Waals surface area (Å²) >= 11 is 0. The lowest BCUT2D eigenvalue weighted by Crippen LogP contribution is -2.60. The zero-order valence-corrected chi connectivity index (χ0v) is 18.7. The normalized spacial score (nSPS) is 48.1. The van der Waals surface area contributed by atoms with E-state index >= 15 is 0 Å². The van der Waals surface area contributed by atoms with Crippen molar-refractivity contribution in [2.45, 2.75) is 116 Å². The van der Waals surface area contributed by atoms with Crippen LogP contribution in [0.2, 0.25) is 0 Å². The van der Waals surface area contributed by atoms with E-state index in [1.54, 1.807) is 0 Å². The molecular weight excluding hydrogens is 344 g/mol. The van der Waals surface area contributed by atoms with Crippen LogP contribution in [-0.4, -0.2) is 23.4 Å². The average Bonchev–Trinajstić information content (AvgIpc) is 2.68. The molecule has 3 aliphatic carbocycles. The van der Waals surface area contributed by atoms with Crippen LogP contribution in [0.4, 0.5) is 0 Å². The predicted molar refractivity (Wildman–Crippen MR) is 117 cm³/mol. The number of nitrogens with one attached hydrogen (secondary N) is 1. The highest BCUT2D eigenvalue weighted by Crippen LogP contribution is 2.49. The average molecular weight is 391 g/mol. The Morgan fingerprint density at radius 1 is 0.679 bits per heavy atom. The molecule has 0 amide bonds. The van der Waals surface area contributed by atoms with E-state index in [9.17, 15) is 5.11 Å². The molecule has 5 atom stereocenters. The molecule has 5 unspecified atom stereocenters. The Kier molecular flexibility index (Phi) is 6.45. The summed E-state index contributed by atoms with van der Waals surface area (Å²) in [5.74, 6) is 5.34. The molecule has 3 heteroatoms. The van der Waals surface area contributed by atoms with Gasteiger partial charge in [0, 0.05) is 6.04 Å². The molecule has 3 saturated carbocycles. The first-order valence-corrected chi connectivity index (χ1v) is 12.5. The molecule has 0 aromatic carbocycles. The van der Waals surface area contributed by atoms with E-state index in [2.05, 4.69) is 26.1 Å². The fraction of sp³-hybridized carbons (Fsp3) is 1.00. The van der Waals surface area contributed by atoms with Gasteiger partial charge in [-0.25, -0.2) is 0 Å². The maximum Gasteiger partial charge on any atom is 0.0696 e. The van der Waals surface area contributed by atoms with Gasteiger partial charge >= 0.3 is 0 Å². The highest BCUT2D eigenvalue weighted by Gasteiger charge is 2.45. The maximum atomic E-state index is 10.5. The molecule has 1 saturated heterocycles. The Labute approximate surface area is 173 Å². The summed E-state index contributed by atoms with van der Waals surface area (Å²) < 4.78 is 0. The molecule has 0 spiro atoms. The first-order valence-electron chi connectivity index (χ1n) is 12.5. The molecule has 28 heavy (non-hydrogen) atoms. The second-order valence-corrected chi connectivity index (χ2v) is 12.0. The minimum atomic E-state index is -0.179. The third-order valence-electron chi connectivity index (χ3n) is 9.52. The maximum absolute atomic E-state index is 10.5. The van der Waals surface area contributed by atoms with E-state index in [4.69, 9.17) is 5.73 Å². The van der Waals surface area contributed by atoms with Crippen molar-refractivity contribution < 1.29 is 5.11 Å². The molecule has 4 aliphatic rings. The van der Waals surface area contributed by atoms with Crippen molar-refractivity contribution in [1.29, 1.82) is 0 Å². The third-order valence-corrected chi connectivity index (χ3v) is 9.52. The molecule has 3 nitrogen and oxygen atoms in total. The highest BCUT2D eigenvalue weighted by atomic mass is 16.3. The van der Waals surface area contributed by atoms with Crippen LogP contribution in [-0.2, 0) is 0 Å². The molecule has 0 aromatic rings. The van der Waals surface area contributed by atoms with Gasteiger partial charge in [0.1, 0.15) is 0 Å². The lowest BCUT2D eigenvalue weighted by atomic mass is 9.60. The summed E-state index contributed by atoms with van der Waals surface area (Å²) in [6.45, 7) is 7.31. The van der Waals surface area contributed by atoms with Gasteiger partial charge in [-0.05, 0) is 118 Å². The van der Waals surface area contributed by atoms with Crippen LogP contribution in [0.1, 0.15) is 97.8 Å². The molecule has 0 bridgehead atoms. The number of hydrogen-bond acceptors (Lipinski definition) is 3. The Morgan fingerprint density at radius 2 is 1.21 bits per heavy atom. The summed E-state index contributed by atoms with van der Waals surface area (Å²) in [4.78, 5) is 0. The lowest BCUT2D eigenvalue weighted by molar-refractivity contribution is -0.0272. The zero-order valence-electron chi connectivity index (χ0n) is 18.7. The van der Waals surface area contributed by atoms with E-state index in [1.807, 2.05) is 0 Å². The van der Waals surface area contributed by atoms with Crippen LogP contribution >= 0.6 is 0 Å². The van der Waals surface area contributed by atoms with Crippen molar-refractivity contribution in [3.8, 4) is 0 Å². The van der Waals surface area contributed by atoms with Crippen LogP contribution < -0.4 is 11.1 Å². The topological polar surface area (TPSA) is 58.3 Å². The Bertz CT molecular complexity index is 499. The summed E-state index contributed by atoms with van der Waals surface area (Å²) in [6.07, 6.45) is 16.2. The van der Waals surface area contributed by atoms with Gasteiger partial charge in [-0.15, -0.1) is 0 Å². The molecular formula is C25H46N2O. The van der Waals surface area contributed by atoms with Gasteiger partial charge in [0.25, 0.3) is 0 Å². The molecule has 4 rings (SSSR count). The van der Waals surface area contributed by atoms with E-state index in [0.717, 1.165) is 42.4 Å². The van der Waals surface area contributed by atoms with Gasteiger partial charge in [-0.3, -0.25) is 5.32 Å². The Hall–Kier alpha value is -0.120. The van der Waals surface area contributed by atoms with Gasteiger partial charge in [0.15, 0.2) is 0 Å². The van der Waals surface area contributed by atoms with Gasteiger partial charge < -0.3 is 10.8 Å². The van der Waals surface area contributed by atoms with Crippen LogP contribution in [0.25, 0.3) is 0 Å². The number of nitrogens with two attached hydrogens (primary N) is 1. The van der Waals surface area contributed by atoms with Crippen LogP contribution in [0.5, 0.6) is 0 Å². The number of aliphatic hydroxyl groups excluding tert-OH is 1. The Balaban J connectivity index is 1.29. The van der Waals surface area contributed by atoms with Crippen LogP contribution in [0.15, 0.2) is 0 Å². The first kappa shape index (κ1) is 21.1. The quantitative estimate of drug-likeness (QED) is 0.617. The largest absolute Gasteiger partial charge is 0.391 e. The number of hydrogen-bond donors (Lipinski definition) is 3. The van der Waals surface area contributed by atoms with Crippen molar-refractivity contribution in [3.63, 3.8) is 0 Å². The van der Waals surface area contributed by atoms with Gasteiger partial charge in [-0.1, -0.05) is 20.8 Å². The first-order chi connectivity index (χ1) is 13.3. The second kappa shape index (κ2) is 8.55. The van der Waals surface area contributed by atoms with E-state index in [1.165, 1.54) is 64.2 Å². The minimum Gasteiger partial charge on any atom is -0.391 e. The molecule has 0 radical (unpaired) electrons. The van der Waals surface area contributed by atoms with Gasteiger partial charge in [0.05, 0.1) is 12.3 Å². The third kappa shape index (κ3) is 4.47. The van der Waals surface area contributed by atoms with Crippen LogP contribution in [0, 0.1) is 40.9 Å². The van der Waals surface area contributed by atoms with Crippen molar-refractivity contribution in [2.75, 3.05) is 0 Å². The summed E-state index contributed by atoms with van der Waals surface area (Å²) in [7, 11) is 0. The van der Waals surface area contributed by atoms with E-state index in [0.29, 0.717) is 11.3 Å². The zero-order chi connectivity index (χ0) is 19.9. The molecule has 1 heterocycles. The molecule has 162 valence electrons. The van der Waals surface area contributed by atoms with E-state index < -0.39 is 0 Å². The number of rotatable bonds is 2. The van der Waals surface area contributed by atoms with Crippen molar-refractivity contribution in [1.82, 2.24) is 5.32 Å². The SMILES string of the molecule is CC(C)(C)C1CCC(C2CCC(C3CCC(O)C4NC(N)CCC34)CC2)CC1. The van der Waals surface area contributed by atoms with Crippen molar-refractivity contribution >= 4 is 0 Å². The lowest BCUT2D eigenvalue weighted by Gasteiger charge is -2.50.